The van der Waals surface area contributed by atoms with Crippen LogP contribution in [0.5, 0.6) is 0 Å². The number of carbonyl (C=O) groups is 2. The lowest BCUT2D eigenvalue weighted by atomic mass is 9.88. The van der Waals surface area contributed by atoms with Crippen LogP contribution < -0.4 is 10.6 Å². The number of amides is 2. The van der Waals surface area contributed by atoms with E-state index in [1.165, 1.54) is 0 Å². The maximum Gasteiger partial charge on any atom is 0.256 e. The number of hydrogen-bond donors (Lipinski definition) is 2. The molecule has 3 rings (SSSR count). The molecule has 0 aliphatic carbocycles. The largest absolute Gasteiger partial charge is 0.337 e. The number of rotatable bonds is 4. The molecule has 0 saturated carbocycles. The summed E-state index contributed by atoms with van der Waals surface area (Å²) in [6.07, 6.45) is 0.975. The molecule has 0 aromatic heterocycles. The molecule has 2 aliphatic rings. The molecule has 2 heterocycles. The van der Waals surface area contributed by atoms with Crippen molar-refractivity contribution in [1.29, 1.82) is 0 Å². The zero-order valence-corrected chi connectivity index (χ0v) is 15.1. The molecule has 1 atom stereocenters. The van der Waals surface area contributed by atoms with Crippen LogP contribution in [0.4, 0.5) is 5.69 Å². The first-order valence-electron chi connectivity index (χ1n) is 9.14. The highest BCUT2D eigenvalue weighted by Crippen LogP contribution is 2.22. The zero-order valence-electron chi connectivity index (χ0n) is 15.1. The minimum absolute atomic E-state index is 0.00386. The van der Waals surface area contributed by atoms with Crippen molar-refractivity contribution >= 4 is 17.5 Å². The van der Waals surface area contributed by atoms with E-state index < -0.39 is 0 Å². The Hall–Kier alpha value is -1.92. The standard InChI is InChI=1S/C19H28N4O2/c1-14(15-12-20-13-15)18(24)21-17-7-4-3-6-16(17)19(25)23-9-5-8-22(2)10-11-23/h3-4,6-7,14-15,20H,5,8-13H2,1-2H3,(H,21,24). The second kappa shape index (κ2) is 7.97. The van der Waals surface area contributed by atoms with Gasteiger partial charge in [-0.3, -0.25) is 9.59 Å². The van der Waals surface area contributed by atoms with Gasteiger partial charge in [-0.2, -0.15) is 0 Å². The minimum Gasteiger partial charge on any atom is -0.337 e. The number of para-hydroxylation sites is 1. The molecule has 136 valence electrons. The smallest absolute Gasteiger partial charge is 0.256 e. The highest BCUT2D eigenvalue weighted by molar-refractivity contribution is 6.04. The van der Waals surface area contributed by atoms with Gasteiger partial charge in [0.1, 0.15) is 0 Å². The molecule has 1 unspecified atom stereocenters. The number of likely N-dealkylation sites (N-methyl/N-ethyl adjacent to an activating group) is 1. The fourth-order valence-electron chi connectivity index (χ4n) is 3.32. The van der Waals surface area contributed by atoms with E-state index in [1.807, 2.05) is 36.1 Å². The summed E-state index contributed by atoms with van der Waals surface area (Å²) in [5.74, 6) is 0.312. The van der Waals surface area contributed by atoms with Crippen LogP contribution in [0.25, 0.3) is 0 Å². The van der Waals surface area contributed by atoms with Crippen molar-refractivity contribution in [2.45, 2.75) is 13.3 Å². The quantitative estimate of drug-likeness (QED) is 0.863. The van der Waals surface area contributed by atoms with Crippen molar-refractivity contribution in [3.63, 3.8) is 0 Å². The van der Waals surface area contributed by atoms with E-state index in [9.17, 15) is 9.59 Å². The summed E-state index contributed by atoms with van der Waals surface area (Å²) in [5.41, 5.74) is 1.20. The van der Waals surface area contributed by atoms with Crippen LogP contribution >= 0.6 is 0 Å². The third-order valence-electron chi connectivity index (χ3n) is 5.36. The van der Waals surface area contributed by atoms with Gasteiger partial charge in [-0.25, -0.2) is 0 Å². The van der Waals surface area contributed by atoms with E-state index in [-0.39, 0.29) is 17.7 Å². The molecule has 6 heteroatoms. The monoisotopic (exact) mass is 344 g/mol. The Balaban J connectivity index is 1.71. The van der Waals surface area contributed by atoms with Crippen LogP contribution in [-0.4, -0.2) is 67.9 Å². The van der Waals surface area contributed by atoms with E-state index >= 15 is 0 Å². The molecular formula is C19H28N4O2. The predicted octanol–water partition coefficient (Wildman–Crippen LogP) is 1.26. The van der Waals surface area contributed by atoms with Crippen LogP contribution in [0.2, 0.25) is 0 Å². The van der Waals surface area contributed by atoms with Gasteiger partial charge < -0.3 is 20.4 Å². The number of anilines is 1. The van der Waals surface area contributed by atoms with Gasteiger partial charge in [-0.15, -0.1) is 0 Å². The lowest BCUT2D eigenvalue weighted by Gasteiger charge is -2.32. The first kappa shape index (κ1) is 17.9. The third kappa shape index (κ3) is 4.19. The van der Waals surface area contributed by atoms with Crippen LogP contribution in [0.3, 0.4) is 0 Å². The lowest BCUT2D eigenvalue weighted by molar-refractivity contribution is -0.121. The molecule has 2 amide bonds. The van der Waals surface area contributed by atoms with Crippen molar-refractivity contribution in [3.8, 4) is 0 Å². The van der Waals surface area contributed by atoms with Crippen LogP contribution in [0.15, 0.2) is 24.3 Å². The predicted molar refractivity (Wildman–Crippen MR) is 98.6 cm³/mol. The number of hydrogen-bond acceptors (Lipinski definition) is 4. The lowest BCUT2D eigenvalue weighted by Crippen LogP contribution is -2.48. The van der Waals surface area contributed by atoms with Crippen LogP contribution in [-0.2, 0) is 4.79 Å². The molecule has 25 heavy (non-hydrogen) atoms. The van der Waals surface area contributed by atoms with E-state index in [2.05, 4.69) is 22.6 Å². The van der Waals surface area contributed by atoms with Gasteiger partial charge in [0.25, 0.3) is 5.91 Å². The second-order valence-corrected chi connectivity index (χ2v) is 7.19. The summed E-state index contributed by atoms with van der Waals surface area (Å²) in [5, 5.41) is 6.18. The number of benzene rings is 1. The number of nitrogens with zero attached hydrogens (tertiary/aromatic N) is 2. The average molecular weight is 344 g/mol. The Morgan fingerprint density at radius 1 is 1.16 bits per heavy atom. The number of nitrogens with one attached hydrogen (secondary N) is 2. The van der Waals surface area contributed by atoms with E-state index in [0.29, 0.717) is 17.2 Å². The molecule has 2 N–H and O–H groups in total. The van der Waals surface area contributed by atoms with Gasteiger partial charge in [-0.1, -0.05) is 19.1 Å². The molecular weight excluding hydrogens is 316 g/mol. The molecule has 1 aromatic rings. The van der Waals surface area contributed by atoms with E-state index in [0.717, 1.165) is 45.7 Å². The molecule has 0 bridgehead atoms. The third-order valence-corrected chi connectivity index (χ3v) is 5.36. The van der Waals surface area contributed by atoms with E-state index in [4.69, 9.17) is 0 Å². The minimum atomic E-state index is -0.0590. The summed E-state index contributed by atoms with van der Waals surface area (Å²) in [6, 6.07) is 7.34. The Kier molecular flexibility index (Phi) is 5.71. The summed E-state index contributed by atoms with van der Waals surface area (Å²) in [6.45, 7) is 7.10. The van der Waals surface area contributed by atoms with Gasteiger partial charge in [0.15, 0.2) is 0 Å². The first-order valence-corrected chi connectivity index (χ1v) is 9.14. The number of carbonyl (C=O) groups excluding carboxylic acids is 2. The molecule has 2 fully saturated rings. The van der Waals surface area contributed by atoms with Gasteiger partial charge in [-0.05, 0) is 51.2 Å². The highest BCUT2D eigenvalue weighted by Gasteiger charge is 2.29. The topological polar surface area (TPSA) is 64.7 Å². The molecule has 2 saturated heterocycles. The highest BCUT2D eigenvalue weighted by atomic mass is 16.2. The van der Waals surface area contributed by atoms with Crippen LogP contribution in [0, 0.1) is 11.8 Å². The van der Waals surface area contributed by atoms with Crippen LogP contribution in [0.1, 0.15) is 23.7 Å². The maximum atomic E-state index is 13.0. The fraction of sp³-hybridized carbons (Fsp3) is 0.579. The first-order chi connectivity index (χ1) is 12.1. The summed E-state index contributed by atoms with van der Waals surface area (Å²) in [7, 11) is 2.08. The Bertz CT molecular complexity index is 630. The SMILES string of the molecule is CC(C(=O)Nc1ccccc1C(=O)N1CCCN(C)CC1)C1CNC1. The fourth-order valence-corrected chi connectivity index (χ4v) is 3.32. The van der Waals surface area contributed by atoms with Crippen molar-refractivity contribution in [1.82, 2.24) is 15.1 Å². The Morgan fingerprint density at radius 2 is 1.92 bits per heavy atom. The summed E-state index contributed by atoms with van der Waals surface area (Å²) < 4.78 is 0. The van der Waals surface area contributed by atoms with Gasteiger partial charge >= 0.3 is 0 Å². The van der Waals surface area contributed by atoms with Crippen molar-refractivity contribution in [2.75, 3.05) is 51.6 Å². The molecule has 1 aromatic carbocycles. The van der Waals surface area contributed by atoms with Gasteiger partial charge in [0.05, 0.1) is 11.3 Å². The molecule has 2 aliphatic heterocycles. The Morgan fingerprint density at radius 3 is 2.64 bits per heavy atom. The maximum absolute atomic E-state index is 13.0. The summed E-state index contributed by atoms with van der Waals surface area (Å²) in [4.78, 5) is 29.6. The normalized spacial score (nSPS) is 20.5. The summed E-state index contributed by atoms with van der Waals surface area (Å²) >= 11 is 0. The molecule has 6 nitrogen and oxygen atoms in total. The Labute approximate surface area is 149 Å². The average Bonchev–Trinajstić information content (AvgIpc) is 2.77. The van der Waals surface area contributed by atoms with Crippen molar-refractivity contribution < 1.29 is 9.59 Å². The molecule has 0 radical (unpaired) electrons. The van der Waals surface area contributed by atoms with Crippen molar-refractivity contribution in [2.24, 2.45) is 11.8 Å². The second-order valence-electron chi connectivity index (χ2n) is 7.19. The van der Waals surface area contributed by atoms with Gasteiger partial charge in [0, 0.05) is 25.6 Å². The van der Waals surface area contributed by atoms with Gasteiger partial charge in [0.2, 0.25) is 5.91 Å². The van der Waals surface area contributed by atoms with E-state index in [1.54, 1.807) is 0 Å². The zero-order chi connectivity index (χ0) is 17.8. The van der Waals surface area contributed by atoms with Crippen molar-refractivity contribution in [3.05, 3.63) is 29.8 Å². The molecule has 0 spiro atoms.